The molecule has 2 atom stereocenters. The normalized spacial score (nSPS) is 13.0. The minimum atomic E-state index is -0.886. The highest BCUT2D eigenvalue weighted by Crippen LogP contribution is 2.21. The number of carbonyl (C=O) groups is 1. The maximum Gasteiger partial charge on any atom is 0.319 e. The molecule has 0 spiro atoms. The minimum absolute atomic E-state index is 0.103. The molecule has 0 aliphatic heterocycles. The van der Waals surface area contributed by atoms with E-state index in [4.69, 9.17) is 16.0 Å². The highest BCUT2D eigenvalue weighted by molar-refractivity contribution is 6.30. The highest BCUT2D eigenvalue weighted by Gasteiger charge is 2.23. The number of rotatable bonds is 7. The largest absolute Gasteiger partial charge is 0.420 e. The van der Waals surface area contributed by atoms with Crippen LogP contribution < -0.4 is 10.6 Å². The smallest absolute Gasteiger partial charge is 0.319 e. The zero-order valence-electron chi connectivity index (χ0n) is 16.2. The molecule has 0 saturated heterocycles. The number of nitrogens with one attached hydrogen (secondary N) is 2. The van der Waals surface area contributed by atoms with Crippen molar-refractivity contribution in [1.82, 2.24) is 15.5 Å². The fraction of sp³-hybridized carbons (Fsp3) is 0.286. The number of amides is 2. The number of anilines is 1. The molecule has 0 saturated carbocycles. The Morgan fingerprint density at radius 1 is 1.07 bits per heavy atom. The van der Waals surface area contributed by atoms with Crippen LogP contribution >= 0.6 is 11.6 Å². The van der Waals surface area contributed by atoms with Gasteiger partial charge in [-0.2, -0.15) is 0 Å². The first-order valence-corrected chi connectivity index (χ1v) is 9.74. The fourth-order valence-corrected chi connectivity index (χ4v) is 2.89. The molecule has 7 nitrogen and oxygen atoms in total. The Morgan fingerprint density at radius 2 is 1.69 bits per heavy atom. The van der Waals surface area contributed by atoms with Crippen molar-refractivity contribution in [2.75, 3.05) is 5.32 Å². The lowest BCUT2D eigenvalue weighted by atomic mass is 10.0. The van der Waals surface area contributed by atoms with Gasteiger partial charge in [-0.1, -0.05) is 42.8 Å². The summed E-state index contributed by atoms with van der Waals surface area (Å²) in [5.74, 6) is 0.331. The fourth-order valence-electron chi connectivity index (χ4n) is 2.76. The van der Waals surface area contributed by atoms with Gasteiger partial charge in [-0.3, -0.25) is 0 Å². The number of aliphatic hydroxyl groups excluding tert-OH is 1. The van der Waals surface area contributed by atoms with Crippen LogP contribution in [0.1, 0.15) is 48.9 Å². The van der Waals surface area contributed by atoms with E-state index >= 15 is 0 Å². The van der Waals surface area contributed by atoms with Gasteiger partial charge in [0.1, 0.15) is 12.1 Å². The van der Waals surface area contributed by atoms with Crippen molar-refractivity contribution >= 4 is 23.3 Å². The van der Waals surface area contributed by atoms with Crippen LogP contribution in [0.25, 0.3) is 0 Å². The van der Waals surface area contributed by atoms with Crippen LogP contribution in [0.3, 0.4) is 0 Å². The molecule has 2 aromatic carbocycles. The molecule has 0 unspecified atom stereocenters. The summed E-state index contributed by atoms with van der Waals surface area (Å²) in [6.45, 7) is 3.63. The number of benzene rings is 2. The van der Waals surface area contributed by atoms with Gasteiger partial charge in [0.05, 0.1) is 0 Å². The zero-order valence-corrected chi connectivity index (χ0v) is 17.0. The van der Waals surface area contributed by atoms with Crippen molar-refractivity contribution in [2.24, 2.45) is 0 Å². The second-order valence-corrected chi connectivity index (χ2v) is 7.12. The summed E-state index contributed by atoms with van der Waals surface area (Å²) in [5.41, 5.74) is 2.84. The van der Waals surface area contributed by atoms with E-state index in [-0.39, 0.29) is 11.8 Å². The van der Waals surface area contributed by atoms with Crippen molar-refractivity contribution < 1.29 is 14.3 Å². The van der Waals surface area contributed by atoms with Crippen molar-refractivity contribution in [2.45, 2.75) is 38.8 Å². The topological polar surface area (TPSA) is 100 Å². The first-order chi connectivity index (χ1) is 13.9. The third-order valence-electron chi connectivity index (χ3n) is 4.39. The Hall–Kier alpha value is -2.90. The first kappa shape index (κ1) is 20.8. The van der Waals surface area contributed by atoms with Crippen LogP contribution in [0.2, 0.25) is 5.02 Å². The quantitative estimate of drug-likeness (QED) is 0.530. The van der Waals surface area contributed by atoms with Crippen LogP contribution in [0.5, 0.6) is 0 Å². The molecule has 0 aliphatic carbocycles. The van der Waals surface area contributed by atoms with Gasteiger partial charge in [0.15, 0.2) is 0 Å². The van der Waals surface area contributed by atoms with E-state index in [0.29, 0.717) is 17.1 Å². The molecule has 3 rings (SSSR count). The molecule has 8 heteroatoms. The van der Waals surface area contributed by atoms with Crippen LogP contribution in [0.4, 0.5) is 10.5 Å². The predicted molar refractivity (Wildman–Crippen MR) is 111 cm³/mol. The number of aliphatic hydroxyl groups is 1. The number of halogens is 1. The van der Waals surface area contributed by atoms with Gasteiger partial charge in [-0.05, 0) is 48.7 Å². The second kappa shape index (κ2) is 9.54. The maximum absolute atomic E-state index is 12.5. The molecular weight excluding hydrogens is 392 g/mol. The summed E-state index contributed by atoms with van der Waals surface area (Å²) in [6.07, 6.45) is 0.524. The Labute approximate surface area is 174 Å². The van der Waals surface area contributed by atoms with Crippen molar-refractivity contribution in [3.05, 3.63) is 76.5 Å². The number of aryl methyl sites for hydroxylation is 1. The maximum atomic E-state index is 12.5. The van der Waals surface area contributed by atoms with Gasteiger partial charge in [0.25, 0.3) is 0 Å². The number of aromatic nitrogens is 2. The van der Waals surface area contributed by atoms with Crippen molar-refractivity contribution in [3.63, 3.8) is 0 Å². The standard InChI is InChI=1S/C21H23ClN4O3/c1-3-14-4-6-15(7-5-14)12-18(20-26-25-19(29-20)13(2)27)24-21(28)23-17-10-8-16(22)9-11-17/h4-11,13,18,27H,3,12H2,1-2H3,(H2,23,24,28)/t13-,18-/m0/s1. The number of hydrogen-bond donors (Lipinski definition) is 3. The average Bonchev–Trinajstić information content (AvgIpc) is 3.20. The Kier molecular flexibility index (Phi) is 6.85. The molecular formula is C21H23ClN4O3. The lowest BCUT2D eigenvalue weighted by molar-refractivity contribution is 0.159. The van der Waals surface area contributed by atoms with E-state index in [9.17, 15) is 9.90 Å². The highest BCUT2D eigenvalue weighted by atomic mass is 35.5. The first-order valence-electron chi connectivity index (χ1n) is 9.37. The number of carbonyl (C=O) groups excluding carboxylic acids is 1. The van der Waals surface area contributed by atoms with E-state index in [0.717, 1.165) is 12.0 Å². The summed E-state index contributed by atoms with van der Waals surface area (Å²) in [6, 6.07) is 13.9. The van der Waals surface area contributed by atoms with E-state index in [2.05, 4.69) is 39.9 Å². The van der Waals surface area contributed by atoms with Crippen LogP contribution in [0.15, 0.2) is 52.9 Å². The van der Waals surface area contributed by atoms with Crippen LogP contribution in [-0.4, -0.2) is 21.3 Å². The molecule has 152 valence electrons. The van der Waals surface area contributed by atoms with Crippen molar-refractivity contribution in [3.8, 4) is 0 Å². The van der Waals surface area contributed by atoms with Gasteiger partial charge >= 0.3 is 6.03 Å². The third-order valence-corrected chi connectivity index (χ3v) is 4.64. The molecule has 0 radical (unpaired) electrons. The van der Waals surface area contributed by atoms with E-state index < -0.39 is 18.2 Å². The molecule has 0 fully saturated rings. The summed E-state index contributed by atoms with van der Waals surface area (Å²) in [4.78, 5) is 12.5. The summed E-state index contributed by atoms with van der Waals surface area (Å²) >= 11 is 5.88. The Balaban J connectivity index is 1.76. The lowest BCUT2D eigenvalue weighted by Gasteiger charge is -2.16. The lowest BCUT2D eigenvalue weighted by Crippen LogP contribution is -2.34. The number of hydrogen-bond acceptors (Lipinski definition) is 5. The number of nitrogens with zero attached hydrogens (tertiary/aromatic N) is 2. The Morgan fingerprint density at radius 3 is 2.28 bits per heavy atom. The van der Waals surface area contributed by atoms with Crippen LogP contribution in [0, 0.1) is 0 Å². The third kappa shape index (κ3) is 5.79. The van der Waals surface area contributed by atoms with E-state index in [1.807, 2.05) is 12.1 Å². The van der Waals surface area contributed by atoms with Gasteiger partial charge in [0.2, 0.25) is 11.8 Å². The minimum Gasteiger partial charge on any atom is -0.420 e. The molecule has 1 heterocycles. The zero-order chi connectivity index (χ0) is 20.8. The SMILES string of the molecule is CCc1ccc(C[C@H](NC(=O)Nc2ccc(Cl)cc2)c2nnc([C@H](C)O)o2)cc1. The van der Waals surface area contributed by atoms with E-state index in [1.165, 1.54) is 12.5 Å². The molecule has 1 aromatic heterocycles. The molecule has 29 heavy (non-hydrogen) atoms. The second-order valence-electron chi connectivity index (χ2n) is 6.69. The van der Waals surface area contributed by atoms with Crippen molar-refractivity contribution in [1.29, 1.82) is 0 Å². The van der Waals surface area contributed by atoms with Crippen LogP contribution in [-0.2, 0) is 12.8 Å². The molecule has 0 aliphatic rings. The summed E-state index contributed by atoms with van der Waals surface area (Å²) in [5, 5.41) is 23.7. The summed E-state index contributed by atoms with van der Waals surface area (Å²) < 4.78 is 5.56. The van der Waals surface area contributed by atoms with Gasteiger partial charge < -0.3 is 20.2 Å². The Bertz CT molecular complexity index is 939. The van der Waals surface area contributed by atoms with Gasteiger partial charge in [0, 0.05) is 17.1 Å². The monoisotopic (exact) mass is 414 g/mol. The van der Waals surface area contributed by atoms with Gasteiger partial charge in [-0.15, -0.1) is 10.2 Å². The molecule has 3 N–H and O–H groups in total. The van der Waals surface area contributed by atoms with E-state index in [1.54, 1.807) is 24.3 Å². The molecule has 3 aromatic rings. The van der Waals surface area contributed by atoms with Gasteiger partial charge in [-0.25, -0.2) is 4.79 Å². The predicted octanol–water partition coefficient (Wildman–Crippen LogP) is 4.44. The molecule has 0 bridgehead atoms. The summed E-state index contributed by atoms with van der Waals surface area (Å²) in [7, 11) is 0. The number of urea groups is 1. The average molecular weight is 415 g/mol. The molecule has 2 amide bonds.